The lowest BCUT2D eigenvalue weighted by Crippen LogP contribution is -2.50. The number of rotatable bonds is 5. The van der Waals surface area contributed by atoms with E-state index in [1.54, 1.807) is 24.3 Å². The number of Topliss-reactive ketones (excluding diaryl/α,β-unsaturated/α-hetero) is 1. The Bertz CT molecular complexity index is 568. The van der Waals surface area contributed by atoms with Gasteiger partial charge in [-0.25, -0.2) is 0 Å². The van der Waals surface area contributed by atoms with Crippen molar-refractivity contribution >= 4 is 23.3 Å². The number of hydrogen-bond donors (Lipinski definition) is 1. The monoisotopic (exact) mass is 304 g/mol. The number of benzene rings is 1. The number of esters is 1. The summed E-state index contributed by atoms with van der Waals surface area (Å²) in [6.07, 6.45) is 0.0567. The fourth-order valence-electron chi connectivity index (χ4n) is 2.43. The molecular weight excluding hydrogens is 284 g/mol. The number of ketones is 1. The topological polar surface area (TPSA) is 75.7 Å². The molecule has 0 spiro atoms. The second-order valence-electron chi connectivity index (χ2n) is 5.20. The largest absolute Gasteiger partial charge is 0.463 e. The Morgan fingerprint density at radius 2 is 2.00 bits per heavy atom. The van der Waals surface area contributed by atoms with Gasteiger partial charge < -0.3 is 10.1 Å². The maximum absolute atomic E-state index is 12.1. The van der Waals surface area contributed by atoms with Crippen LogP contribution in [0.1, 0.15) is 30.6 Å². The molecule has 0 radical (unpaired) electrons. The quantitative estimate of drug-likeness (QED) is 0.658. The second-order valence-corrected chi connectivity index (χ2v) is 5.20. The molecule has 6 nitrogen and oxygen atoms in total. The van der Waals surface area contributed by atoms with Crippen molar-refractivity contribution in [3.63, 3.8) is 0 Å². The van der Waals surface area contributed by atoms with Crippen LogP contribution in [-0.4, -0.2) is 48.3 Å². The first kappa shape index (κ1) is 16.2. The van der Waals surface area contributed by atoms with Crippen molar-refractivity contribution in [3.8, 4) is 0 Å². The first-order valence-corrected chi connectivity index (χ1v) is 7.32. The number of carbonyl (C=O) groups is 3. The van der Waals surface area contributed by atoms with Crippen molar-refractivity contribution in [1.82, 2.24) is 4.90 Å². The van der Waals surface area contributed by atoms with Gasteiger partial charge in [-0.05, 0) is 37.7 Å². The summed E-state index contributed by atoms with van der Waals surface area (Å²) in [7, 11) is 0. The molecule has 1 aliphatic heterocycles. The molecule has 118 valence electrons. The second kappa shape index (κ2) is 7.17. The lowest BCUT2D eigenvalue weighted by molar-refractivity contribution is -0.158. The molecule has 1 fully saturated rings. The fraction of sp³-hybridized carbons (Fsp3) is 0.438. The van der Waals surface area contributed by atoms with Gasteiger partial charge in [0.15, 0.2) is 5.78 Å². The number of cyclic esters (lactones) is 1. The normalized spacial score (nSPS) is 18.6. The molecule has 0 saturated carbocycles. The van der Waals surface area contributed by atoms with Crippen LogP contribution in [0.25, 0.3) is 0 Å². The molecule has 1 aromatic carbocycles. The van der Waals surface area contributed by atoms with Gasteiger partial charge in [-0.15, -0.1) is 0 Å². The van der Waals surface area contributed by atoms with Gasteiger partial charge in [0.2, 0.25) is 5.91 Å². The zero-order valence-corrected chi connectivity index (χ0v) is 12.8. The van der Waals surface area contributed by atoms with E-state index >= 15 is 0 Å². The van der Waals surface area contributed by atoms with Crippen LogP contribution in [0.5, 0.6) is 0 Å². The minimum atomic E-state index is -0.532. The molecule has 1 atom stereocenters. The summed E-state index contributed by atoms with van der Waals surface area (Å²) in [5, 5.41) is 2.74. The van der Waals surface area contributed by atoms with Crippen molar-refractivity contribution < 1.29 is 19.1 Å². The van der Waals surface area contributed by atoms with Gasteiger partial charge in [0.1, 0.15) is 12.6 Å². The zero-order valence-electron chi connectivity index (χ0n) is 12.8. The van der Waals surface area contributed by atoms with Crippen LogP contribution < -0.4 is 5.32 Å². The van der Waals surface area contributed by atoms with Crippen molar-refractivity contribution in [1.29, 1.82) is 0 Å². The van der Waals surface area contributed by atoms with E-state index in [1.807, 2.05) is 11.8 Å². The summed E-state index contributed by atoms with van der Waals surface area (Å²) in [6.45, 7) is 5.15. The van der Waals surface area contributed by atoms with Crippen LogP contribution in [0.2, 0.25) is 0 Å². The zero-order chi connectivity index (χ0) is 16.1. The van der Waals surface area contributed by atoms with Crippen LogP contribution in [0.3, 0.4) is 0 Å². The lowest BCUT2D eigenvalue weighted by atomic mass is 10.1. The van der Waals surface area contributed by atoms with E-state index < -0.39 is 6.04 Å². The van der Waals surface area contributed by atoms with Crippen LogP contribution >= 0.6 is 0 Å². The van der Waals surface area contributed by atoms with E-state index in [1.165, 1.54) is 6.92 Å². The summed E-state index contributed by atoms with van der Waals surface area (Å²) in [5.41, 5.74) is 1.19. The Balaban J connectivity index is 1.96. The van der Waals surface area contributed by atoms with Gasteiger partial charge in [-0.3, -0.25) is 19.3 Å². The predicted molar refractivity (Wildman–Crippen MR) is 81.7 cm³/mol. The Kier molecular flexibility index (Phi) is 5.27. The predicted octanol–water partition coefficient (Wildman–Crippen LogP) is 1.47. The fourth-order valence-corrected chi connectivity index (χ4v) is 2.43. The molecule has 22 heavy (non-hydrogen) atoms. The van der Waals surface area contributed by atoms with Gasteiger partial charge >= 0.3 is 5.97 Å². The lowest BCUT2D eigenvalue weighted by Gasteiger charge is -2.32. The number of nitrogens with one attached hydrogen (secondary N) is 1. The van der Waals surface area contributed by atoms with Gasteiger partial charge in [-0.2, -0.15) is 0 Å². The van der Waals surface area contributed by atoms with E-state index in [-0.39, 0.29) is 24.1 Å². The highest BCUT2D eigenvalue weighted by atomic mass is 16.5. The molecule has 6 heteroatoms. The van der Waals surface area contributed by atoms with Crippen molar-refractivity contribution in [2.45, 2.75) is 26.3 Å². The molecule has 1 N–H and O–H groups in total. The summed E-state index contributed by atoms with van der Waals surface area (Å²) in [5.74, 6) is -0.630. The standard InChI is InChI=1S/C16H20N2O4/c1-3-18-8-9-22-16(21)14(18)10-15(20)17-13-6-4-12(5-7-13)11(2)19/h4-7,14H,3,8-10H2,1-2H3,(H,17,20)/t14-/m0/s1. The molecule has 1 aliphatic rings. The highest BCUT2D eigenvalue weighted by molar-refractivity contribution is 5.96. The van der Waals surface area contributed by atoms with E-state index in [0.717, 1.165) is 0 Å². The van der Waals surface area contributed by atoms with Crippen LogP contribution in [0, 0.1) is 0 Å². The smallest absolute Gasteiger partial charge is 0.323 e. The molecular formula is C16H20N2O4. The minimum Gasteiger partial charge on any atom is -0.463 e. The first-order valence-electron chi connectivity index (χ1n) is 7.32. The average molecular weight is 304 g/mol. The van der Waals surface area contributed by atoms with Crippen molar-refractivity contribution in [2.24, 2.45) is 0 Å². The van der Waals surface area contributed by atoms with E-state index in [4.69, 9.17) is 4.74 Å². The molecule has 0 unspecified atom stereocenters. The Morgan fingerprint density at radius 1 is 1.32 bits per heavy atom. The Morgan fingerprint density at radius 3 is 2.59 bits per heavy atom. The SMILES string of the molecule is CCN1CCOC(=O)[C@@H]1CC(=O)Nc1ccc(C(C)=O)cc1. The maximum Gasteiger partial charge on any atom is 0.323 e. The molecule has 1 heterocycles. The molecule has 0 aliphatic carbocycles. The summed E-state index contributed by atoms with van der Waals surface area (Å²) in [6, 6.07) is 6.13. The van der Waals surface area contributed by atoms with E-state index in [9.17, 15) is 14.4 Å². The summed E-state index contributed by atoms with van der Waals surface area (Å²) < 4.78 is 5.02. The van der Waals surface area contributed by atoms with Gasteiger partial charge in [0.25, 0.3) is 0 Å². The number of morpholine rings is 1. The summed E-state index contributed by atoms with van der Waals surface area (Å²) in [4.78, 5) is 37.0. The number of likely N-dealkylation sites (N-methyl/N-ethyl adjacent to an activating group) is 1. The third kappa shape index (κ3) is 3.92. The molecule has 1 aromatic rings. The number of nitrogens with zero attached hydrogens (tertiary/aromatic N) is 1. The Hall–Kier alpha value is -2.21. The maximum atomic E-state index is 12.1. The highest BCUT2D eigenvalue weighted by Crippen LogP contribution is 2.14. The van der Waals surface area contributed by atoms with Gasteiger partial charge in [0.05, 0.1) is 6.42 Å². The van der Waals surface area contributed by atoms with Crippen molar-refractivity contribution in [2.75, 3.05) is 25.0 Å². The molecule has 1 saturated heterocycles. The van der Waals surface area contributed by atoms with Gasteiger partial charge in [-0.1, -0.05) is 6.92 Å². The third-order valence-corrected chi connectivity index (χ3v) is 3.70. The molecule has 2 rings (SSSR count). The number of amides is 1. The first-order chi connectivity index (χ1) is 10.5. The van der Waals surface area contributed by atoms with Crippen molar-refractivity contribution in [3.05, 3.63) is 29.8 Å². The van der Waals surface area contributed by atoms with Crippen LogP contribution in [0.15, 0.2) is 24.3 Å². The number of anilines is 1. The minimum absolute atomic E-state index is 0.0265. The number of hydrogen-bond acceptors (Lipinski definition) is 5. The average Bonchev–Trinajstić information content (AvgIpc) is 2.49. The van der Waals surface area contributed by atoms with Crippen LogP contribution in [0.4, 0.5) is 5.69 Å². The third-order valence-electron chi connectivity index (χ3n) is 3.70. The number of ether oxygens (including phenoxy) is 1. The van der Waals surface area contributed by atoms with E-state index in [0.29, 0.717) is 30.9 Å². The molecule has 0 bridgehead atoms. The molecule has 1 amide bonds. The molecule has 0 aromatic heterocycles. The number of carbonyl (C=O) groups excluding carboxylic acids is 3. The highest BCUT2D eigenvalue weighted by Gasteiger charge is 2.32. The Labute approximate surface area is 129 Å². The van der Waals surface area contributed by atoms with E-state index in [2.05, 4.69) is 5.32 Å². The van der Waals surface area contributed by atoms with Crippen LogP contribution in [-0.2, 0) is 14.3 Å². The summed E-state index contributed by atoms with van der Waals surface area (Å²) >= 11 is 0. The van der Waals surface area contributed by atoms with Gasteiger partial charge in [0, 0.05) is 17.8 Å².